The predicted molar refractivity (Wildman–Crippen MR) is 60.2 cm³/mol. The Hall–Kier alpha value is -1.64. The molecule has 1 heterocycles. The Morgan fingerprint density at radius 2 is 2.27 bits per heavy atom. The lowest BCUT2D eigenvalue weighted by molar-refractivity contribution is -0.117. The second-order valence-corrected chi connectivity index (χ2v) is 3.74. The number of amides is 1. The monoisotopic (exact) mass is 204 g/mol. The van der Waals surface area contributed by atoms with Crippen LogP contribution in [0.15, 0.2) is 36.2 Å². The second kappa shape index (κ2) is 5.29. The minimum atomic E-state index is -0.0636. The van der Waals surface area contributed by atoms with Crippen molar-refractivity contribution in [1.82, 2.24) is 10.3 Å². The number of allylic oxidation sites excluding steroid dienone is 1. The molecule has 0 fully saturated rings. The number of aromatic nitrogens is 1. The molecule has 0 aliphatic heterocycles. The van der Waals surface area contributed by atoms with E-state index in [0.29, 0.717) is 0 Å². The summed E-state index contributed by atoms with van der Waals surface area (Å²) >= 11 is 0. The van der Waals surface area contributed by atoms with Crippen LogP contribution in [0.3, 0.4) is 0 Å². The summed E-state index contributed by atoms with van der Waals surface area (Å²) in [6.07, 6.45) is 5.06. The van der Waals surface area contributed by atoms with Gasteiger partial charge in [-0.15, -0.1) is 0 Å². The number of carbonyl (C=O) groups is 1. The standard InChI is InChI=1S/C12H16N2O/c1-9(2)7-12(15)14-10(3)11-5-4-6-13-8-11/h4-8,10H,1-3H3,(H,14,15)/t10-/m1/s1. The Balaban J connectivity index is 2.61. The van der Waals surface area contributed by atoms with Gasteiger partial charge in [-0.05, 0) is 32.4 Å². The highest BCUT2D eigenvalue weighted by Gasteiger charge is 2.06. The predicted octanol–water partition coefficient (Wildman–Crippen LogP) is 2.22. The summed E-state index contributed by atoms with van der Waals surface area (Å²) in [5.41, 5.74) is 2.00. The van der Waals surface area contributed by atoms with Crippen LogP contribution in [-0.2, 0) is 4.79 Å². The number of nitrogens with one attached hydrogen (secondary N) is 1. The molecule has 0 unspecified atom stereocenters. The van der Waals surface area contributed by atoms with Gasteiger partial charge >= 0.3 is 0 Å². The van der Waals surface area contributed by atoms with Crippen molar-refractivity contribution in [2.24, 2.45) is 0 Å². The van der Waals surface area contributed by atoms with E-state index in [-0.39, 0.29) is 11.9 Å². The van der Waals surface area contributed by atoms with Crippen LogP contribution in [0.1, 0.15) is 32.4 Å². The summed E-state index contributed by atoms with van der Waals surface area (Å²) in [4.78, 5) is 15.4. The van der Waals surface area contributed by atoms with Crippen LogP contribution < -0.4 is 5.32 Å². The molecule has 3 heteroatoms. The van der Waals surface area contributed by atoms with E-state index in [1.807, 2.05) is 32.9 Å². The highest BCUT2D eigenvalue weighted by atomic mass is 16.1. The van der Waals surface area contributed by atoms with Crippen molar-refractivity contribution in [2.75, 3.05) is 0 Å². The van der Waals surface area contributed by atoms with Gasteiger partial charge in [-0.2, -0.15) is 0 Å². The molecule has 0 spiro atoms. The molecule has 3 nitrogen and oxygen atoms in total. The first-order chi connectivity index (χ1) is 7.09. The molecule has 15 heavy (non-hydrogen) atoms. The minimum absolute atomic E-state index is 0.0122. The van der Waals surface area contributed by atoms with Crippen LogP contribution in [-0.4, -0.2) is 10.9 Å². The zero-order valence-electron chi connectivity index (χ0n) is 9.32. The van der Waals surface area contributed by atoms with E-state index in [1.54, 1.807) is 18.5 Å². The Bertz CT molecular complexity index is 353. The maximum Gasteiger partial charge on any atom is 0.244 e. The fourth-order valence-electron chi connectivity index (χ4n) is 1.23. The van der Waals surface area contributed by atoms with Crippen LogP contribution >= 0.6 is 0 Å². The molecule has 0 aliphatic rings. The third-order valence-electron chi connectivity index (χ3n) is 1.96. The van der Waals surface area contributed by atoms with Crippen molar-refractivity contribution >= 4 is 5.91 Å². The van der Waals surface area contributed by atoms with Crippen molar-refractivity contribution in [3.8, 4) is 0 Å². The maximum absolute atomic E-state index is 11.4. The SMILES string of the molecule is CC(C)=CC(=O)N[C@H](C)c1cccnc1. The van der Waals surface area contributed by atoms with Crippen molar-refractivity contribution in [3.05, 3.63) is 41.7 Å². The maximum atomic E-state index is 11.4. The van der Waals surface area contributed by atoms with Gasteiger partial charge in [-0.1, -0.05) is 11.6 Å². The summed E-state index contributed by atoms with van der Waals surface area (Å²) < 4.78 is 0. The zero-order chi connectivity index (χ0) is 11.3. The first kappa shape index (κ1) is 11.4. The van der Waals surface area contributed by atoms with Crippen LogP contribution in [0.2, 0.25) is 0 Å². The Morgan fingerprint density at radius 3 is 2.80 bits per heavy atom. The number of pyridine rings is 1. The topological polar surface area (TPSA) is 42.0 Å². The second-order valence-electron chi connectivity index (χ2n) is 3.74. The third kappa shape index (κ3) is 3.94. The average Bonchev–Trinajstić information content (AvgIpc) is 2.17. The quantitative estimate of drug-likeness (QED) is 0.767. The lowest BCUT2D eigenvalue weighted by Gasteiger charge is -2.12. The Kier molecular flexibility index (Phi) is 4.03. The van der Waals surface area contributed by atoms with Gasteiger partial charge in [0.25, 0.3) is 0 Å². The number of hydrogen-bond acceptors (Lipinski definition) is 2. The van der Waals surface area contributed by atoms with Crippen molar-refractivity contribution < 1.29 is 4.79 Å². The average molecular weight is 204 g/mol. The molecule has 1 N–H and O–H groups in total. The largest absolute Gasteiger partial charge is 0.346 e. The number of carbonyl (C=O) groups excluding carboxylic acids is 1. The van der Waals surface area contributed by atoms with E-state index in [4.69, 9.17) is 0 Å². The highest BCUT2D eigenvalue weighted by molar-refractivity contribution is 5.88. The Morgan fingerprint density at radius 1 is 1.53 bits per heavy atom. The molecule has 0 radical (unpaired) electrons. The van der Waals surface area contributed by atoms with Crippen molar-refractivity contribution in [3.63, 3.8) is 0 Å². The molecule has 0 aliphatic carbocycles. The third-order valence-corrected chi connectivity index (χ3v) is 1.96. The molecular formula is C12H16N2O. The van der Waals surface area contributed by atoms with Crippen LogP contribution in [0.25, 0.3) is 0 Å². The Labute approximate surface area is 90.2 Å². The minimum Gasteiger partial charge on any atom is -0.346 e. The van der Waals surface area contributed by atoms with E-state index in [0.717, 1.165) is 11.1 Å². The van der Waals surface area contributed by atoms with Crippen LogP contribution in [0.4, 0.5) is 0 Å². The van der Waals surface area contributed by atoms with Gasteiger partial charge in [0.05, 0.1) is 6.04 Å². The summed E-state index contributed by atoms with van der Waals surface area (Å²) in [5.74, 6) is -0.0636. The van der Waals surface area contributed by atoms with E-state index < -0.39 is 0 Å². The fourth-order valence-corrected chi connectivity index (χ4v) is 1.23. The van der Waals surface area contributed by atoms with Gasteiger partial charge in [-0.25, -0.2) is 0 Å². The van der Waals surface area contributed by atoms with Crippen molar-refractivity contribution in [2.45, 2.75) is 26.8 Å². The summed E-state index contributed by atoms with van der Waals surface area (Å²) in [6.45, 7) is 5.73. The van der Waals surface area contributed by atoms with Crippen LogP contribution in [0.5, 0.6) is 0 Å². The van der Waals surface area contributed by atoms with Gasteiger partial charge < -0.3 is 5.32 Å². The molecule has 1 aromatic rings. The summed E-state index contributed by atoms with van der Waals surface area (Å²) in [5, 5.41) is 2.87. The smallest absolute Gasteiger partial charge is 0.244 e. The molecule has 1 atom stereocenters. The van der Waals surface area contributed by atoms with Gasteiger partial charge in [0.2, 0.25) is 5.91 Å². The van der Waals surface area contributed by atoms with Gasteiger partial charge in [0, 0.05) is 18.5 Å². The lowest BCUT2D eigenvalue weighted by Crippen LogP contribution is -2.24. The highest BCUT2D eigenvalue weighted by Crippen LogP contribution is 2.09. The molecular weight excluding hydrogens is 188 g/mol. The fraction of sp³-hybridized carbons (Fsp3) is 0.333. The van der Waals surface area contributed by atoms with Gasteiger partial charge in [0.15, 0.2) is 0 Å². The first-order valence-corrected chi connectivity index (χ1v) is 4.95. The number of nitrogens with zero attached hydrogens (tertiary/aromatic N) is 1. The van der Waals surface area contributed by atoms with E-state index in [2.05, 4.69) is 10.3 Å². The van der Waals surface area contributed by atoms with Crippen molar-refractivity contribution in [1.29, 1.82) is 0 Å². The molecule has 0 saturated heterocycles. The normalized spacial score (nSPS) is 11.7. The molecule has 0 aromatic carbocycles. The lowest BCUT2D eigenvalue weighted by atomic mass is 10.1. The summed E-state index contributed by atoms with van der Waals surface area (Å²) in [6, 6.07) is 3.79. The number of hydrogen-bond donors (Lipinski definition) is 1. The summed E-state index contributed by atoms with van der Waals surface area (Å²) in [7, 11) is 0. The van der Waals surface area contributed by atoms with Gasteiger partial charge in [-0.3, -0.25) is 9.78 Å². The molecule has 0 bridgehead atoms. The van der Waals surface area contributed by atoms with Gasteiger partial charge in [0.1, 0.15) is 0 Å². The zero-order valence-corrected chi connectivity index (χ0v) is 9.32. The molecule has 1 rings (SSSR count). The van der Waals surface area contributed by atoms with E-state index in [9.17, 15) is 4.79 Å². The van der Waals surface area contributed by atoms with E-state index >= 15 is 0 Å². The number of rotatable bonds is 3. The van der Waals surface area contributed by atoms with Crippen LogP contribution in [0, 0.1) is 0 Å². The molecule has 80 valence electrons. The first-order valence-electron chi connectivity index (χ1n) is 4.95. The molecule has 0 saturated carbocycles. The molecule has 1 aromatic heterocycles. The van der Waals surface area contributed by atoms with E-state index in [1.165, 1.54) is 0 Å². The molecule has 1 amide bonds.